The Hall–Kier alpha value is -2.60. The average molecular weight is 383 g/mol. The Labute approximate surface area is 166 Å². The molecular weight excluding hydrogens is 354 g/mol. The van der Waals surface area contributed by atoms with Crippen molar-refractivity contribution in [1.82, 2.24) is 15.0 Å². The predicted molar refractivity (Wildman–Crippen MR) is 109 cm³/mol. The van der Waals surface area contributed by atoms with Gasteiger partial charge < -0.3 is 14.0 Å². The standard InChI is InChI=1S/C22H29N3O3/c1-5-10-22(11-6-2)12-7-13-25(22)16-21-23-20(24-28-21)15-17-8-9-18(26-3)19(14-17)27-4/h5-6,8-9,14H,1-2,7,10-13,15-16H2,3-4H3. The number of hydrogen-bond acceptors (Lipinski definition) is 6. The molecule has 0 N–H and O–H groups in total. The topological polar surface area (TPSA) is 60.6 Å². The van der Waals surface area contributed by atoms with E-state index in [1.807, 2.05) is 30.4 Å². The van der Waals surface area contributed by atoms with E-state index >= 15 is 0 Å². The summed E-state index contributed by atoms with van der Waals surface area (Å²) >= 11 is 0. The fourth-order valence-corrected chi connectivity index (χ4v) is 4.09. The lowest BCUT2D eigenvalue weighted by Crippen LogP contribution is -2.42. The summed E-state index contributed by atoms with van der Waals surface area (Å²) in [5, 5.41) is 4.17. The van der Waals surface area contributed by atoms with E-state index < -0.39 is 0 Å². The average Bonchev–Trinajstić information content (AvgIpc) is 3.30. The van der Waals surface area contributed by atoms with Crippen molar-refractivity contribution in [2.24, 2.45) is 0 Å². The molecule has 0 aliphatic carbocycles. The van der Waals surface area contributed by atoms with E-state index in [2.05, 4.69) is 28.2 Å². The van der Waals surface area contributed by atoms with Crippen LogP contribution in [0.2, 0.25) is 0 Å². The first kappa shape index (κ1) is 20.1. The molecule has 2 heterocycles. The monoisotopic (exact) mass is 383 g/mol. The number of aromatic nitrogens is 2. The van der Waals surface area contributed by atoms with Gasteiger partial charge in [0.1, 0.15) is 0 Å². The summed E-state index contributed by atoms with van der Waals surface area (Å²) < 4.78 is 16.2. The lowest BCUT2D eigenvalue weighted by atomic mass is 9.88. The molecule has 1 fully saturated rings. The maximum absolute atomic E-state index is 5.54. The molecule has 1 aliphatic heterocycles. The normalized spacial score (nSPS) is 16.1. The van der Waals surface area contributed by atoms with E-state index in [0.717, 1.165) is 37.8 Å². The highest BCUT2D eigenvalue weighted by Gasteiger charge is 2.39. The molecule has 1 aromatic heterocycles. The number of methoxy groups -OCH3 is 2. The summed E-state index contributed by atoms with van der Waals surface area (Å²) in [7, 11) is 3.25. The molecule has 0 spiro atoms. The maximum Gasteiger partial charge on any atom is 0.240 e. The van der Waals surface area contributed by atoms with Gasteiger partial charge >= 0.3 is 0 Å². The van der Waals surface area contributed by atoms with Crippen LogP contribution >= 0.6 is 0 Å². The molecule has 0 atom stereocenters. The van der Waals surface area contributed by atoms with Crippen molar-refractivity contribution in [2.45, 2.75) is 44.2 Å². The molecule has 0 bridgehead atoms. The van der Waals surface area contributed by atoms with Gasteiger partial charge in [-0.25, -0.2) is 0 Å². The minimum Gasteiger partial charge on any atom is -0.493 e. The van der Waals surface area contributed by atoms with E-state index in [4.69, 9.17) is 14.0 Å². The third-order valence-electron chi connectivity index (χ3n) is 5.44. The molecule has 6 heteroatoms. The molecule has 150 valence electrons. The Morgan fingerprint density at radius 3 is 2.61 bits per heavy atom. The quantitative estimate of drug-likeness (QED) is 0.574. The number of nitrogens with zero attached hydrogens (tertiary/aromatic N) is 3. The van der Waals surface area contributed by atoms with Crippen LogP contribution < -0.4 is 9.47 Å². The van der Waals surface area contributed by atoms with E-state index in [0.29, 0.717) is 36.2 Å². The lowest BCUT2D eigenvalue weighted by molar-refractivity contribution is 0.117. The van der Waals surface area contributed by atoms with Crippen LogP contribution in [0.15, 0.2) is 48.0 Å². The van der Waals surface area contributed by atoms with Crippen molar-refractivity contribution in [3.8, 4) is 11.5 Å². The fourth-order valence-electron chi connectivity index (χ4n) is 4.09. The van der Waals surface area contributed by atoms with Gasteiger partial charge in [0.15, 0.2) is 17.3 Å². The molecular formula is C22H29N3O3. The van der Waals surface area contributed by atoms with Crippen LogP contribution in [0, 0.1) is 0 Å². The van der Waals surface area contributed by atoms with Crippen LogP contribution in [0.1, 0.15) is 43.0 Å². The van der Waals surface area contributed by atoms with Gasteiger partial charge in [-0.3, -0.25) is 4.90 Å². The molecule has 2 aromatic rings. The van der Waals surface area contributed by atoms with E-state index in [9.17, 15) is 0 Å². The van der Waals surface area contributed by atoms with E-state index in [1.165, 1.54) is 0 Å². The Morgan fingerprint density at radius 2 is 1.93 bits per heavy atom. The third kappa shape index (κ3) is 4.28. The van der Waals surface area contributed by atoms with E-state index in [-0.39, 0.29) is 5.54 Å². The van der Waals surface area contributed by atoms with Gasteiger partial charge in [-0.15, -0.1) is 13.2 Å². The summed E-state index contributed by atoms with van der Waals surface area (Å²) in [4.78, 5) is 7.04. The molecule has 0 saturated carbocycles. The van der Waals surface area contributed by atoms with Gasteiger partial charge in [0.2, 0.25) is 5.89 Å². The Balaban J connectivity index is 1.70. The van der Waals surface area contributed by atoms with Crippen LogP contribution in [-0.4, -0.2) is 41.3 Å². The van der Waals surface area contributed by atoms with Gasteiger partial charge in [-0.1, -0.05) is 23.4 Å². The van der Waals surface area contributed by atoms with Gasteiger partial charge in [-0.2, -0.15) is 4.98 Å². The number of rotatable bonds is 10. The molecule has 1 aliphatic rings. The number of benzene rings is 1. The molecule has 0 radical (unpaired) electrons. The summed E-state index contributed by atoms with van der Waals surface area (Å²) in [5.41, 5.74) is 1.11. The first-order valence-corrected chi connectivity index (χ1v) is 9.63. The molecule has 1 aromatic carbocycles. The largest absolute Gasteiger partial charge is 0.493 e. The van der Waals surface area contributed by atoms with Crippen LogP contribution in [0.4, 0.5) is 0 Å². The highest BCUT2D eigenvalue weighted by molar-refractivity contribution is 5.43. The zero-order chi connectivity index (χ0) is 20.0. The minimum atomic E-state index is 0.0709. The second kappa shape index (κ2) is 9.06. The van der Waals surface area contributed by atoms with Gasteiger partial charge in [-0.05, 0) is 49.9 Å². The van der Waals surface area contributed by atoms with E-state index in [1.54, 1.807) is 14.2 Å². The highest BCUT2D eigenvalue weighted by atomic mass is 16.5. The lowest BCUT2D eigenvalue weighted by Gasteiger charge is -2.36. The predicted octanol–water partition coefficient (Wildman–Crippen LogP) is 4.16. The van der Waals surface area contributed by atoms with Crippen LogP contribution in [0.3, 0.4) is 0 Å². The second-order valence-corrected chi connectivity index (χ2v) is 7.21. The maximum atomic E-state index is 5.54. The summed E-state index contributed by atoms with van der Waals surface area (Å²) in [6.07, 6.45) is 8.74. The van der Waals surface area contributed by atoms with Gasteiger partial charge in [0, 0.05) is 12.0 Å². The SMILES string of the molecule is C=CCC1(CC=C)CCCN1Cc1nc(Cc2ccc(OC)c(OC)c2)no1. The van der Waals surface area contributed by atoms with Crippen LogP contribution in [-0.2, 0) is 13.0 Å². The van der Waals surface area contributed by atoms with Crippen molar-refractivity contribution >= 4 is 0 Å². The van der Waals surface area contributed by atoms with Gasteiger partial charge in [0.05, 0.1) is 20.8 Å². The second-order valence-electron chi connectivity index (χ2n) is 7.21. The molecule has 6 nitrogen and oxygen atoms in total. The zero-order valence-corrected chi connectivity index (χ0v) is 16.8. The molecule has 0 unspecified atom stereocenters. The smallest absolute Gasteiger partial charge is 0.240 e. The third-order valence-corrected chi connectivity index (χ3v) is 5.44. The first-order valence-electron chi connectivity index (χ1n) is 9.63. The van der Waals surface area contributed by atoms with Crippen molar-refractivity contribution in [3.05, 3.63) is 60.8 Å². The van der Waals surface area contributed by atoms with Crippen molar-refractivity contribution in [2.75, 3.05) is 20.8 Å². The number of ether oxygens (including phenoxy) is 2. The summed E-state index contributed by atoms with van der Waals surface area (Å²) in [6, 6.07) is 5.81. The van der Waals surface area contributed by atoms with Gasteiger partial charge in [0.25, 0.3) is 0 Å². The fraction of sp³-hybridized carbons (Fsp3) is 0.455. The number of hydrogen-bond donors (Lipinski definition) is 0. The Morgan fingerprint density at radius 1 is 1.18 bits per heavy atom. The van der Waals surface area contributed by atoms with Crippen LogP contribution in [0.5, 0.6) is 11.5 Å². The van der Waals surface area contributed by atoms with Crippen LogP contribution in [0.25, 0.3) is 0 Å². The minimum absolute atomic E-state index is 0.0709. The molecule has 1 saturated heterocycles. The summed E-state index contributed by atoms with van der Waals surface area (Å²) in [5.74, 6) is 2.71. The Kier molecular flexibility index (Phi) is 6.52. The molecule has 28 heavy (non-hydrogen) atoms. The Bertz CT molecular complexity index is 805. The van der Waals surface area contributed by atoms with Crippen molar-refractivity contribution in [3.63, 3.8) is 0 Å². The molecule has 0 amide bonds. The summed E-state index contributed by atoms with van der Waals surface area (Å²) in [6.45, 7) is 9.55. The first-order chi connectivity index (χ1) is 13.6. The highest BCUT2D eigenvalue weighted by Crippen LogP contribution is 2.37. The van der Waals surface area contributed by atoms with Crippen molar-refractivity contribution in [1.29, 1.82) is 0 Å². The molecule has 3 rings (SSSR count). The van der Waals surface area contributed by atoms with Crippen molar-refractivity contribution < 1.29 is 14.0 Å². The number of likely N-dealkylation sites (tertiary alicyclic amines) is 1. The zero-order valence-electron chi connectivity index (χ0n) is 16.8.